The van der Waals surface area contributed by atoms with Gasteiger partial charge in [0.25, 0.3) is 0 Å². The Kier molecular flexibility index (Phi) is 9.00. The molecule has 0 N–H and O–H groups in total. The van der Waals surface area contributed by atoms with E-state index >= 15 is 0 Å². The van der Waals surface area contributed by atoms with Crippen molar-refractivity contribution in [2.45, 2.75) is 19.8 Å². The Balaban J connectivity index is 0. The molecule has 0 nitrogen and oxygen atoms in total. The quantitative estimate of drug-likeness (QED) is 0.509. The average molecular weight is 135 g/mol. The van der Waals surface area contributed by atoms with Gasteiger partial charge >= 0.3 is 37.7 Å². The Morgan fingerprint density at radius 1 is 1.09 bits per heavy atom. The van der Waals surface area contributed by atoms with Crippen LogP contribution in [-0.2, 0) is 0 Å². The van der Waals surface area contributed by atoms with Crippen molar-refractivity contribution in [1.82, 2.24) is 0 Å². The molecule has 0 saturated carbocycles. The van der Waals surface area contributed by atoms with Gasteiger partial charge in [-0.05, 0) is 17.5 Å². The van der Waals surface area contributed by atoms with E-state index in [-0.39, 0.29) is 37.7 Å². The third-order valence-corrected chi connectivity index (χ3v) is 1.41. The summed E-state index contributed by atoms with van der Waals surface area (Å²) in [7, 11) is 0. The second kappa shape index (κ2) is 7.08. The summed E-state index contributed by atoms with van der Waals surface area (Å²) in [5, 5.41) is 0. The molecule has 0 unspecified atom stereocenters. The summed E-state index contributed by atoms with van der Waals surface area (Å²) >= 11 is 0. The van der Waals surface area contributed by atoms with Gasteiger partial charge in [0.2, 0.25) is 0 Å². The molecule has 1 rings (SSSR count). The molecule has 0 saturated heterocycles. The molecule has 0 aliphatic heterocycles. The molecule has 2 heteroatoms. The topological polar surface area (TPSA) is 0 Å². The van der Waals surface area contributed by atoms with Crippen LogP contribution < -0.4 is 0 Å². The Labute approximate surface area is 93.1 Å². The van der Waals surface area contributed by atoms with Crippen LogP contribution in [0, 0.1) is 6.07 Å². The molecule has 1 aromatic carbocycles. The van der Waals surface area contributed by atoms with Crippen LogP contribution in [0.5, 0.6) is 0 Å². The van der Waals surface area contributed by atoms with Crippen LogP contribution in [0.2, 0.25) is 0 Å². The van der Waals surface area contributed by atoms with Gasteiger partial charge in [-0.3, -0.25) is 0 Å². The summed E-state index contributed by atoms with van der Waals surface area (Å²) in [5.41, 5.74) is 1.38. The number of rotatable bonds is 1. The summed E-state index contributed by atoms with van der Waals surface area (Å²) in [6.07, 6.45) is 0. The summed E-state index contributed by atoms with van der Waals surface area (Å²) in [6.45, 7) is 4.38. The maximum atomic E-state index is 2.99. The number of hydrogen-bond donors (Lipinski definition) is 0. The van der Waals surface area contributed by atoms with Crippen molar-refractivity contribution in [2.75, 3.05) is 0 Å². The first-order valence-electron chi connectivity index (χ1n) is 3.26. The maximum absolute atomic E-state index is 2.99. The third-order valence-electron chi connectivity index (χ3n) is 1.41. The van der Waals surface area contributed by atoms with Crippen LogP contribution in [0.3, 0.4) is 0 Å². The van der Waals surface area contributed by atoms with E-state index in [2.05, 4.69) is 32.0 Å². The fraction of sp³-hybridized carbons (Fsp3) is 0.333. The van der Waals surface area contributed by atoms with E-state index in [0.717, 1.165) is 0 Å². The van der Waals surface area contributed by atoms with E-state index in [1.54, 1.807) is 0 Å². The van der Waals surface area contributed by atoms with Gasteiger partial charge in [-0.25, -0.2) is 0 Å². The molecule has 0 heterocycles. The van der Waals surface area contributed by atoms with Gasteiger partial charge in [0.1, 0.15) is 0 Å². The number of benzene rings is 1. The fourth-order valence-corrected chi connectivity index (χ4v) is 0.785. The second-order valence-corrected chi connectivity index (χ2v) is 2.49. The van der Waals surface area contributed by atoms with E-state index in [0.29, 0.717) is 5.92 Å². The molecule has 0 amide bonds. The fourth-order valence-electron chi connectivity index (χ4n) is 0.785. The molecular weight excluding hydrogens is 122 g/mol. The van der Waals surface area contributed by atoms with Gasteiger partial charge in [-0.2, -0.15) is 0 Å². The summed E-state index contributed by atoms with van der Waals surface area (Å²) < 4.78 is 0. The van der Waals surface area contributed by atoms with Crippen molar-refractivity contribution >= 4 is 37.7 Å². The summed E-state index contributed by atoms with van der Waals surface area (Å²) in [5.74, 6) is 0.639. The van der Waals surface area contributed by atoms with Gasteiger partial charge in [0.05, 0.1) is 0 Å². The normalized spacial score (nSPS) is 8.27. The third kappa shape index (κ3) is 4.78. The van der Waals surface area contributed by atoms with Crippen LogP contribution in [0.1, 0.15) is 25.3 Å². The van der Waals surface area contributed by atoms with Gasteiger partial charge in [0.15, 0.2) is 0 Å². The molecule has 0 aliphatic carbocycles. The van der Waals surface area contributed by atoms with E-state index < -0.39 is 0 Å². The second-order valence-electron chi connectivity index (χ2n) is 2.49. The molecule has 0 fully saturated rings. The van der Waals surface area contributed by atoms with E-state index in [9.17, 15) is 0 Å². The molecule has 11 heavy (non-hydrogen) atoms. The van der Waals surface area contributed by atoms with Crippen LogP contribution in [0.25, 0.3) is 0 Å². The van der Waals surface area contributed by atoms with Crippen molar-refractivity contribution in [1.29, 1.82) is 0 Å². The zero-order chi connectivity index (χ0) is 6.69. The minimum absolute atomic E-state index is 0. The molecule has 1 radical (unpaired) electrons. The van der Waals surface area contributed by atoms with Crippen molar-refractivity contribution in [3.8, 4) is 0 Å². The minimum atomic E-state index is 0. The zero-order valence-electron chi connectivity index (χ0n) is 5.89. The van der Waals surface area contributed by atoms with Crippen molar-refractivity contribution < 1.29 is 0 Å². The first kappa shape index (κ1) is 14.0. The molecule has 1 aromatic rings. The Morgan fingerprint density at radius 2 is 1.55 bits per heavy atom. The van der Waals surface area contributed by atoms with E-state index in [1.165, 1.54) is 5.56 Å². The Hall–Kier alpha value is 0.415. The van der Waals surface area contributed by atoms with Crippen molar-refractivity contribution in [2.24, 2.45) is 0 Å². The van der Waals surface area contributed by atoms with Gasteiger partial charge in [-0.1, -0.05) is 38.1 Å². The standard InChI is InChI=1S/C9H11.2Li.2H/c1-8(2)9-6-4-3-5-7-9;;;;/h4-8H,1-2H3;;;;. The van der Waals surface area contributed by atoms with Crippen LogP contribution >= 0.6 is 0 Å². The monoisotopic (exact) mass is 135 g/mol. The Bertz CT molecular complexity index is 170. The average Bonchev–Trinajstić information content (AvgIpc) is 1.90. The van der Waals surface area contributed by atoms with E-state index in [1.807, 2.05) is 12.1 Å². The molecule has 0 spiro atoms. The van der Waals surface area contributed by atoms with Gasteiger partial charge in [0, 0.05) is 0 Å². The van der Waals surface area contributed by atoms with Crippen molar-refractivity contribution in [3.63, 3.8) is 0 Å². The van der Waals surface area contributed by atoms with Gasteiger partial charge < -0.3 is 0 Å². The molecule has 0 atom stereocenters. The van der Waals surface area contributed by atoms with Crippen molar-refractivity contribution in [3.05, 3.63) is 35.9 Å². The SMILES string of the molecule is CC(C)c1cc[c]cc1.[LiH].[LiH]. The summed E-state index contributed by atoms with van der Waals surface area (Å²) in [6, 6.07) is 11.1. The molecule has 0 aromatic heterocycles. The first-order valence-corrected chi connectivity index (χ1v) is 3.26. The predicted molar refractivity (Wildman–Crippen MR) is 53.7 cm³/mol. The molecular formula is C9H13Li2. The van der Waals surface area contributed by atoms with Gasteiger partial charge in [-0.15, -0.1) is 0 Å². The predicted octanol–water partition coefficient (Wildman–Crippen LogP) is 1.31. The van der Waals surface area contributed by atoms with E-state index in [4.69, 9.17) is 0 Å². The Morgan fingerprint density at radius 3 is 1.82 bits per heavy atom. The van der Waals surface area contributed by atoms with Crippen LogP contribution in [0.15, 0.2) is 24.3 Å². The summed E-state index contributed by atoms with van der Waals surface area (Å²) in [4.78, 5) is 0. The zero-order valence-corrected chi connectivity index (χ0v) is 5.89. The molecule has 0 bridgehead atoms. The number of hydrogen-bond acceptors (Lipinski definition) is 0. The molecule has 0 aliphatic rings. The van der Waals surface area contributed by atoms with Crippen LogP contribution in [-0.4, -0.2) is 37.7 Å². The van der Waals surface area contributed by atoms with Crippen LogP contribution in [0.4, 0.5) is 0 Å². The first-order chi connectivity index (χ1) is 4.30. The molecule has 51 valence electrons.